The Hall–Kier alpha value is -6.33. The van der Waals surface area contributed by atoms with E-state index in [9.17, 15) is 0 Å². The van der Waals surface area contributed by atoms with Gasteiger partial charge in [0.1, 0.15) is 5.52 Å². The number of hydrogen-bond acceptors (Lipinski definition) is 4. The summed E-state index contributed by atoms with van der Waals surface area (Å²) in [5.74, 6) is 0.630. The molecule has 2 aliphatic rings. The van der Waals surface area contributed by atoms with Gasteiger partial charge in [-0.2, -0.15) is 0 Å². The fourth-order valence-corrected chi connectivity index (χ4v) is 10.8. The van der Waals surface area contributed by atoms with E-state index in [0.29, 0.717) is 5.89 Å². The van der Waals surface area contributed by atoms with E-state index in [1.165, 1.54) is 78.0 Å². The van der Waals surface area contributed by atoms with Crippen molar-refractivity contribution in [3.05, 3.63) is 167 Å². The van der Waals surface area contributed by atoms with Gasteiger partial charge in [0.15, 0.2) is 5.58 Å². The number of anilines is 6. The second-order valence-electron chi connectivity index (χ2n) is 27.1. The highest BCUT2D eigenvalue weighted by atomic mass is 16.3. The van der Waals surface area contributed by atoms with Crippen LogP contribution < -0.4 is 26.2 Å². The van der Waals surface area contributed by atoms with Crippen LogP contribution in [0.15, 0.2) is 138 Å². The van der Waals surface area contributed by atoms with Crippen molar-refractivity contribution in [3.8, 4) is 22.6 Å². The van der Waals surface area contributed by atoms with Crippen LogP contribution in [0.3, 0.4) is 0 Å². The van der Waals surface area contributed by atoms with Crippen LogP contribution in [0.1, 0.15) is 158 Å². The molecular weight excluding hydrogens is 874 g/mol. The molecule has 0 saturated carbocycles. The summed E-state index contributed by atoms with van der Waals surface area (Å²) in [6.07, 6.45) is 0. The molecule has 0 saturated heterocycles. The Balaban J connectivity index is 1.33. The fraction of sp³-hybridized carbons (Fsp3) is 0.358. The van der Waals surface area contributed by atoms with E-state index in [1.54, 1.807) is 0 Å². The highest BCUT2D eigenvalue weighted by Gasteiger charge is 2.45. The second-order valence-corrected chi connectivity index (χ2v) is 27.1. The predicted molar refractivity (Wildman–Crippen MR) is 311 cm³/mol. The summed E-state index contributed by atoms with van der Waals surface area (Å²) in [5, 5.41) is 0. The van der Waals surface area contributed by atoms with Crippen LogP contribution in [0.5, 0.6) is 0 Å². The van der Waals surface area contributed by atoms with Gasteiger partial charge in [0.25, 0.3) is 6.71 Å². The summed E-state index contributed by atoms with van der Waals surface area (Å²) in [6.45, 7) is 41.4. The van der Waals surface area contributed by atoms with Crippen LogP contribution in [-0.2, 0) is 32.5 Å². The lowest BCUT2D eigenvalue weighted by Gasteiger charge is -2.45. The SMILES string of the molecule is CC(C)(C)c1ccc(-c2nc3cc4c(cc3o2)N(c2ccc(C(C)(C)C)cc2-c2ccc(C(C)(C)C)cc2)c2cc(C(C)(C)C)cc3c2B4c2cc(C(C)(C)C)ccc2N3c2ccc(C(C)(C)C)cc2)cc1. The monoisotopic (exact) mass is 950 g/mol. The van der Waals surface area contributed by atoms with Crippen molar-refractivity contribution in [1.82, 2.24) is 4.98 Å². The molecule has 4 nitrogen and oxygen atoms in total. The van der Waals surface area contributed by atoms with Crippen LogP contribution in [0, 0.1) is 0 Å². The molecular formula is C67H76BN3O. The quantitative estimate of drug-likeness (QED) is 0.165. The van der Waals surface area contributed by atoms with Crippen LogP contribution in [-0.4, -0.2) is 11.7 Å². The molecule has 0 fully saturated rings. The highest BCUT2D eigenvalue weighted by Crippen LogP contribution is 2.50. The normalized spacial score (nSPS) is 14.2. The van der Waals surface area contributed by atoms with Gasteiger partial charge in [-0.15, -0.1) is 0 Å². The first-order valence-electron chi connectivity index (χ1n) is 26.3. The lowest BCUT2D eigenvalue weighted by molar-refractivity contribution is 0.589. The van der Waals surface area contributed by atoms with Gasteiger partial charge in [-0.1, -0.05) is 191 Å². The first kappa shape index (κ1) is 49.3. The van der Waals surface area contributed by atoms with Crippen molar-refractivity contribution in [2.45, 2.75) is 157 Å². The molecule has 10 rings (SSSR count). The predicted octanol–water partition coefficient (Wildman–Crippen LogP) is 17.0. The maximum absolute atomic E-state index is 6.92. The third-order valence-corrected chi connectivity index (χ3v) is 15.5. The van der Waals surface area contributed by atoms with Gasteiger partial charge < -0.3 is 14.2 Å². The highest BCUT2D eigenvalue weighted by molar-refractivity contribution is 7.00. The zero-order valence-corrected chi connectivity index (χ0v) is 46.5. The van der Waals surface area contributed by atoms with Gasteiger partial charge in [0, 0.05) is 45.6 Å². The van der Waals surface area contributed by atoms with E-state index in [2.05, 4.69) is 268 Å². The average molecular weight is 950 g/mol. The summed E-state index contributed by atoms with van der Waals surface area (Å²) in [4.78, 5) is 10.5. The van der Waals surface area contributed by atoms with Gasteiger partial charge in [0.05, 0.1) is 5.69 Å². The molecule has 5 heteroatoms. The lowest BCUT2D eigenvalue weighted by atomic mass is 9.33. The Morgan fingerprint density at radius 1 is 0.361 bits per heavy atom. The molecule has 8 aromatic rings. The van der Waals surface area contributed by atoms with Crippen LogP contribution >= 0.6 is 0 Å². The zero-order chi connectivity index (χ0) is 51.8. The number of oxazole rings is 1. The van der Waals surface area contributed by atoms with Crippen LogP contribution in [0.4, 0.5) is 34.1 Å². The molecule has 0 aliphatic carbocycles. The van der Waals surface area contributed by atoms with Crippen molar-refractivity contribution in [1.29, 1.82) is 0 Å². The molecule has 0 radical (unpaired) electrons. The van der Waals surface area contributed by atoms with Gasteiger partial charge in [-0.05, 0) is 148 Å². The number of benzene rings is 7. The van der Waals surface area contributed by atoms with Gasteiger partial charge in [-0.25, -0.2) is 4.98 Å². The van der Waals surface area contributed by atoms with E-state index in [0.717, 1.165) is 33.7 Å². The molecule has 0 atom stereocenters. The number of hydrogen-bond donors (Lipinski definition) is 0. The molecule has 0 bridgehead atoms. The Morgan fingerprint density at radius 2 is 0.792 bits per heavy atom. The number of fused-ring (bicyclic) bond motifs is 5. The van der Waals surface area contributed by atoms with Crippen molar-refractivity contribution in [2.75, 3.05) is 9.80 Å². The zero-order valence-electron chi connectivity index (χ0n) is 46.5. The number of aromatic nitrogens is 1. The van der Waals surface area contributed by atoms with Crippen molar-refractivity contribution in [3.63, 3.8) is 0 Å². The van der Waals surface area contributed by atoms with Gasteiger partial charge in [-0.3, -0.25) is 0 Å². The van der Waals surface area contributed by atoms with Crippen molar-refractivity contribution in [2.24, 2.45) is 0 Å². The fourth-order valence-electron chi connectivity index (χ4n) is 10.8. The molecule has 2 aliphatic heterocycles. The molecule has 0 N–H and O–H groups in total. The van der Waals surface area contributed by atoms with Gasteiger partial charge in [0.2, 0.25) is 5.89 Å². The molecule has 3 heterocycles. The Morgan fingerprint density at radius 3 is 1.31 bits per heavy atom. The molecule has 0 spiro atoms. The minimum atomic E-state index is -0.168. The van der Waals surface area contributed by atoms with E-state index < -0.39 is 0 Å². The van der Waals surface area contributed by atoms with Crippen LogP contribution in [0.2, 0.25) is 0 Å². The maximum atomic E-state index is 6.92. The summed E-state index contributed by atoms with van der Waals surface area (Å²) in [6, 6.07) is 51.5. The third-order valence-electron chi connectivity index (χ3n) is 15.5. The molecule has 72 heavy (non-hydrogen) atoms. The minimum absolute atomic E-state index is 0.0239. The molecule has 368 valence electrons. The summed E-state index contributed by atoms with van der Waals surface area (Å²) in [5.41, 5.74) is 23.4. The summed E-state index contributed by atoms with van der Waals surface area (Å²) in [7, 11) is 0. The van der Waals surface area contributed by atoms with E-state index in [4.69, 9.17) is 9.40 Å². The average Bonchev–Trinajstić information content (AvgIpc) is 3.72. The maximum Gasteiger partial charge on any atom is 0.252 e. The standard InChI is InChI=1S/C67H76BN3O/c1-62(2,3)43-23-19-41(20-24-43)50-35-46(65(10,11)12)29-33-54(50)71-56-40-59-53(69-61(72-59)42-21-25-44(26-22-42)63(4,5)6)39-52(56)68-51-36-47(66(13,14)15)30-34-55(51)70(49-31-27-45(28-32-49)64(7,8)9)57-37-48(67(16,17)18)38-58(71)60(57)68/h19-40H,1-18H3. The van der Waals surface area contributed by atoms with E-state index in [1.807, 2.05) is 0 Å². The molecule has 0 amide bonds. The number of rotatable bonds is 4. The van der Waals surface area contributed by atoms with Gasteiger partial charge >= 0.3 is 0 Å². The lowest BCUT2D eigenvalue weighted by Crippen LogP contribution is -2.61. The molecule has 1 aromatic heterocycles. The minimum Gasteiger partial charge on any atom is -0.436 e. The smallest absolute Gasteiger partial charge is 0.252 e. The first-order valence-corrected chi connectivity index (χ1v) is 26.3. The Kier molecular flexibility index (Phi) is 11.4. The first-order chi connectivity index (χ1) is 33.5. The molecule has 0 unspecified atom stereocenters. The van der Waals surface area contributed by atoms with Crippen molar-refractivity contribution < 1.29 is 4.42 Å². The van der Waals surface area contributed by atoms with E-state index >= 15 is 0 Å². The Labute approximate surface area is 432 Å². The summed E-state index contributed by atoms with van der Waals surface area (Å²) >= 11 is 0. The van der Waals surface area contributed by atoms with Crippen molar-refractivity contribution >= 4 is 68.3 Å². The Bertz CT molecular complexity index is 3390. The third kappa shape index (κ3) is 8.69. The molecule has 7 aromatic carbocycles. The second kappa shape index (κ2) is 16.6. The topological polar surface area (TPSA) is 32.5 Å². The summed E-state index contributed by atoms with van der Waals surface area (Å²) < 4.78 is 6.92. The van der Waals surface area contributed by atoms with Crippen LogP contribution in [0.25, 0.3) is 33.7 Å². The van der Waals surface area contributed by atoms with E-state index in [-0.39, 0.29) is 39.2 Å². The largest absolute Gasteiger partial charge is 0.436 e. The number of nitrogens with zero attached hydrogens (tertiary/aromatic N) is 3.